The minimum Gasteiger partial charge on any atom is -0.340 e. The highest BCUT2D eigenvalue weighted by Gasteiger charge is 2.28. The van der Waals surface area contributed by atoms with Crippen molar-refractivity contribution in [3.63, 3.8) is 0 Å². The van der Waals surface area contributed by atoms with Gasteiger partial charge in [-0.2, -0.15) is 0 Å². The average Bonchev–Trinajstić information content (AvgIpc) is 2.53. The van der Waals surface area contributed by atoms with Gasteiger partial charge in [0.15, 0.2) is 0 Å². The number of carbonyl (C=O) groups excluding carboxylic acids is 2. The molecule has 24 heavy (non-hydrogen) atoms. The lowest BCUT2D eigenvalue weighted by Gasteiger charge is -2.35. The van der Waals surface area contributed by atoms with E-state index in [2.05, 4.69) is 11.8 Å². The van der Waals surface area contributed by atoms with Gasteiger partial charge in [-0.3, -0.25) is 9.59 Å². The van der Waals surface area contributed by atoms with Gasteiger partial charge in [-0.1, -0.05) is 29.7 Å². The van der Waals surface area contributed by atoms with Gasteiger partial charge in [-0.05, 0) is 36.5 Å². The normalized spacial score (nSPS) is 20.8. The Kier molecular flexibility index (Phi) is 5.11. The van der Waals surface area contributed by atoms with E-state index < -0.39 is 0 Å². The molecule has 0 radical (unpaired) electrons. The smallest absolute Gasteiger partial charge is 0.298 e. The zero-order chi connectivity index (χ0) is 17.1. The minimum absolute atomic E-state index is 0.0706. The molecule has 4 nitrogen and oxygen atoms in total. The maximum absolute atomic E-state index is 12.3. The lowest BCUT2D eigenvalue weighted by Crippen LogP contribution is -2.48. The Morgan fingerprint density at radius 3 is 2.50 bits per heavy atom. The van der Waals surface area contributed by atoms with Crippen LogP contribution in [-0.4, -0.2) is 47.8 Å². The molecule has 126 valence electrons. The Balaban J connectivity index is 1.56. The van der Waals surface area contributed by atoms with E-state index in [9.17, 15) is 9.59 Å². The third-order valence-electron chi connectivity index (χ3n) is 4.76. The second-order valence-corrected chi connectivity index (χ2v) is 6.97. The van der Waals surface area contributed by atoms with Gasteiger partial charge in [0.05, 0.1) is 5.92 Å². The number of amides is 2. The summed E-state index contributed by atoms with van der Waals surface area (Å²) in [4.78, 5) is 27.1. The Morgan fingerprint density at radius 1 is 1.12 bits per heavy atom. The zero-order valence-corrected chi connectivity index (χ0v) is 14.6. The fourth-order valence-electron chi connectivity index (χ4n) is 3.24. The van der Waals surface area contributed by atoms with E-state index in [1.165, 1.54) is 5.56 Å². The van der Waals surface area contributed by atoms with Crippen molar-refractivity contribution in [1.29, 1.82) is 0 Å². The summed E-state index contributed by atoms with van der Waals surface area (Å²) in [5.41, 5.74) is 1.22. The first-order valence-electron chi connectivity index (χ1n) is 8.34. The zero-order valence-electron chi connectivity index (χ0n) is 13.8. The third kappa shape index (κ3) is 3.91. The topological polar surface area (TPSA) is 40.6 Å². The van der Waals surface area contributed by atoms with Gasteiger partial charge in [0.1, 0.15) is 0 Å². The van der Waals surface area contributed by atoms with Crippen LogP contribution in [0.25, 0.3) is 0 Å². The number of nitrogens with zero attached hydrogens (tertiary/aromatic N) is 2. The molecule has 0 aromatic heterocycles. The second kappa shape index (κ2) is 7.27. The van der Waals surface area contributed by atoms with Gasteiger partial charge in [0, 0.05) is 44.0 Å². The van der Waals surface area contributed by atoms with E-state index in [-0.39, 0.29) is 17.7 Å². The molecule has 0 N–H and O–H groups in total. The van der Waals surface area contributed by atoms with E-state index in [0.29, 0.717) is 25.6 Å². The first-order valence-corrected chi connectivity index (χ1v) is 8.72. The Hall–Kier alpha value is -1.99. The Bertz CT molecular complexity index is 684. The van der Waals surface area contributed by atoms with Crippen LogP contribution >= 0.6 is 11.6 Å². The quantitative estimate of drug-likeness (QED) is 0.734. The summed E-state index contributed by atoms with van der Waals surface area (Å²) in [7, 11) is 0. The summed E-state index contributed by atoms with van der Waals surface area (Å²) >= 11 is 5.94. The maximum atomic E-state index is 12.3. The summed E-state index contributed by atoms with van der Waals surface area (Å²) < 4.78 is 0. The predicted molar refractivity (Wildman–Crippen MR) is 93.5 cm³/mol. The number of carbonyl (C=O) groups is 2. The lowest BCUT2D eigenvalue weighted by molar-refractivity contribution is -0.133. The van der Waals surface area contributed by atoms with Crippen molar-refractivity contribution in [2.24, 2.45) is 5.92 Å². The molecule has 2 fully saturated rings. The molecule has 1 aromatic rings. The molecule has 1 atom stereocenters. The molecule has 0 aliphatic carbocycles. The Morgan fingerprint density at radius 2 is 1.83 bits per heavy atom. The van der Waals surface area contributed by atoms with Gasteiger partial charge >= 0.3 is 0 Å². The van der Waals surface area contributed by atoms with Crippen LogP contribution in [0.15, 0.2) is 24.3 Å². The minimum atomic E-state index is -0.102. The predicted octanol–water partition coefficient (Wildman–Crippen LogP) is 2.53. The fraction of sp³-hybridized carbons (Fsp3) is 0.474. The van der Waals surface area contributed by atoms with Gasteiger partial charge in [0.2, 0.25) is 5.91 Å². The molecule has 5 heteroatoms. The van der Waals surface area contributed by atoms with E-state index in [1.807, 2.05) is 29.2 Å². The summed E-state index contributed by atoms with van der Waals surface area (Å²) in [6.07, 6.45) is 2.07. The summed E-state index contributed by atoms with van der Waals surface area (Å²) in [6, 6.07) is 7.87. The number of rotatable bonds is 1. The molecule has 3 rings (SSSR count). The molecule has 2 aliphatic rings. The number of hydrogen-bond donors (Lipinski definition) is 0. The molecule has 2 aliphatic heterocycles. The van der Waals surface area contributed by atoms with Crippen LogP contribution in [0.2, 0.25) is 5.02 Å². The molecule has 0 spiro atoms. The van der Waals surface area contributed by atoms with Crippen LogP contribution in [0.4, 0.5) is 0 Å². The molecular formula is C19H21ClN2O2. The van der Waals surface area contributed by atoms with E-state index in [4.69, 9.17) is 11.6 Å². The highest BCUT2D eigenvalue weighted by molar-refractivity contribution is 6.30. The monoisotopic (exact) mass is 344 g/mol. The van der Waals surface area contributed by atoms with Crippen molar-refractivity contribution >= 4 is 23.4 Å². The fourth-order valence-corrected chi connectivity index (χ4v) is 3.36. The van der Waals surface area contributed by atoms with Gasteiger partial charge in [-0.25, -0.2) is 0 Å². The van der Waals surface area contributed by atoms with E-state index in [1.54, 1.807) is 11.8 Å². The van der Waals surface area contributed by atoms with Crippen LogP contribution < -0.4 is 0 Å². The van der Waals surface area contributed by atoms with Crippen LogP contribution in [0.5, 0.6) is 0 Å². The first kappa shape index (κ1) is 16.9. The summed E-state index contributed by atoms with van der Waals surface area (Å²) in [5, 5.41) is 0.730. The second-order valence-electron chi connectivity index (χ2n) is 6.53. The van der Waals surface area contributed by atoms with Crippen molar-refractivity contribution in [3.05, 3.63) is 34.9 Å². The molecule has 2 heterocycles. The molecule has 1 aromatic carbocycles. The number of likely N-dealkylation sites (tertiary alicyclic amines) is 2. The SMILES string of the molecule is CC(=O)N1CC(C#CC(=O)N2CCCC(c3ccc(Cl)cc3)C2)C1. The van der Waals surface area contributed by atoms with Crippen molar-refractivity contribution < 1.29 is 9.59 Å². The number of hydrogen-bond acceptors (Lipinski definition) is 2. The standard InChI is InChI=1S/C19H21ClN2O2/c1-14(23)22-11-15(12-22)4-9-19(24)21-10-2-3-17(13-21)16-5-7-18(20)8-6-16/h5-8,15,17H,2-3,10-13H2,1H3. The largest absolute Gasteiger partial charge is 0.340 e. The van der Waals surface area contributed by atoms with Crippen LogP contribution in [-0.2, 0) is 9.59 Å². The number of piperidine rings is 1. The summed E-state index contributed by atoms with van der Waals surface area (Å²) in [5.74, 6) is 6.23. The molecule has 0 bridgehead atoms. The highest BCUT2D eigenvalue weighted by atomic mass is 35.5. The Labute approximate surface area is 147 Å². The maximum Gasteiger partial charge on any atom is 0.298 e. The molecule has 2 amide bonds. The van der Waals surface area contributed by atoms with Crippen molar-refractivity contribution in [3.8, 4) is 11.8 Å². The van der Waals surface area contributed by atoms with Gasteiger partial charge in [0.25, 0.3) is 5.91 Å². The average molecular weight is 345 g/mol. The highest BCUT2D eigenvalue weighted by Crippen LogP contribution is 2.27. The molecule has 0 saturated carbocycles. The van der Waals surface area contributed by atoms with Crippen LogP contribution in [0.3, 0.4) is 0 Å². The lowest BCUT2D eigenvalue weighted by atomic mass is 9.90. The van der Waals surface area contributed by atoms with Gasteiger partial charge in [-0.15, -0.1) is 0 Å². The van der Waals surface area contributed by atoms with Crippen molar-refractivity contribution in [2.45, 2.75) is 25.7 Å². The van der Waals surface area contributed by atoms with Crippen LogP contribution in [0.1, 0.15) is 31.2 Å². The molecule has 2 saturated heterocycles. The van der Waals surface area contributed by atoms with Crippen molar-refractivity contribution in [1.82, 2.24) is 9.80 Å². The number of benzene rings is 1. The third-order valence-corrected chi connectivity index (χ3v) is 5.01. The van der Waals surface area contributed by atoms with E-state index in [0.717, 1.165) is 24.4 Å². The van der Waals surface area contributed by atoms with Crippen molar-refractivity contribution in [2.75, 3.05) is 26.2 Å². The molecule has 1 unspecified atom stereocenters. The van der Waals surface area contributed by atoms with Gasteiger partial charge < -0.3 is 9.80 Å². The first-order chi connectivity index (χ1) is 11.5. The molecular weight excluding hydrogens is 324 g/mol. The van der Waals surface area contributed by atoms with E-state index >= 15 is 0 Å². The summed E-state index contributed by atoms with van der Waals surface area (Å²) in [6.45, 7) is 4.31. The number of halogens is 1. The van der Waals surface area contributed by atoms with Crippen LogP contribution in [0, 0.1) is 17.8 Å².